The van der Waals surface area contributed by atoms with Crippen molar-refractivity contribution in [1.82, 2.24) is 14.9 Å². The minimum absolute atomic E-state index is 0.454. The van der Waals surface area contributed by atoms with Gasteiger partial charge in [0.1, 0.15) is 6.61 Å². The van der Waals surface area contributed by atoms with Crippen LogP contribution >= 0.6 is 12.2 Å². The van der Waals surface area contributed by atoms with Gasteiger partial charge in [-0.25, -0.2) is 9.77 Å². The van der Waals surface area contributed by atoms with Gasteiger partial charge in [0, 0.05) is 11.1 Å². The number of aryl methyl sites for hydroxylation is 1. The van der Waals surface area contributed by atoms with E-state index in [0.29, 0.717) is 29.4 Å². The van der Waals surface area contributed by atoms with Crippen molar-refractivity contribution in [3.05, 3.63) is 94.3 Å². The fourth-order valence-corrected chi connectivity index (χ4v) is 3.57. The third-order valence-corrected chi connectivity index (χ3v) is 5.15. The molecule has 0 aliphatic heterocycles. The number of hydrogen-bond acceptors (Lipinski definition) is 5. The summed E-state index contributed by atoms with van der Waals surface area (Å²) in [5.41, 5.74) is 7.58. The molecule has 158 valence electrons. The van der Waals surface area contributed by atoms with Gasteiger partial charge in [0.15, 0.2) is 17.3 Å². The molecule has 0 atom stereocenters. The zero-order chi connectivity index (χ0) is 21.6. The van der Waals surface area contributed by atoms with Crippen LogP contribution in [0.25, 0.3) is 11.4 Å². The number of hydrogen-bond donors (Lipinski definition) is 2. The highest BCUT2D eigenvalue weighted by molar-refractivity contribution is 7.71. The summed E-state index contributed by atoms with van der Waals surface area (Å²) in [6.07, 6.45) is 0. The molecule has 3 aromatic carbocycles. The molecule has 0 amide bonds. The van der Waals surface area contributed by atoms with Crippen molar-refractivity contribution in [2.75, 3.05) is 12.5 Å². The van der Waals surface area contributed by atoms with E-state index in [1.807, 2.05) is 54.6 Å². The molecule has 1 heterocycles. The molecule has 6 nitrogen and oxygen atoms in total. The predicted octanol–water partition coefficient (Wildman–Crippen LogP) is 5.25. The summed E-state index contributed by atoms with van der Waals surface area (Å²) in [4.78, 5) is 0. The Morgan fingerprint density at radius 3 is 2.61 bits per heavy atom. The number of aromatic amines is 1. The van der Waals surface area contributed by atoms with E-state index in [9.17, 15) is 0 Å². The van der Waals surface area contributed by atoms with Crippen molar-refractivity contribution in [1.29, 1.82) is 0 Å². The molecular formula is C24H24N4O2S. The number of aromatic nitrogens is 3. The summed E-state index contributed by atoms with van der Waals surface area (Å²) >= 11 is 5.42. The molecule has 7 heteroatoms. The van der Waals surface area contributed by atoms with Crippen LogP contribution in [0.4, 0.5) is 0 Å². The normalized spacial score (nSPS) is 10.6. The number of nitrogens with one attached hydrogen (secondary N) is 2. The van der Waals surface area contributed by atoms with Crippen LogP contribution in [0.1, 0.15) is 16.7 Å². The largest absolute Gasteiger partial charge is 0.493 e. The highest BCUT2D eigenvalue weighted by Gasteiger charge is 2.13. The van der Waals surface area contributed by atoms with Gasteiger partial charge in [0.05, 0.1) is 13.7 Å². The van der Waals surface area contributed by atoms with Crippen molar-refractivity contribution in [3.63, 3.8) is 0 Å². The lowest BCUT2D eigenvalue weighted by Gasteiger charge is -2.17. The minimum Gasteiger partial charge on any atom is -0.493 e. The second-order valence-electron chi connectivity index (χ2n) is 7.11. The number of methoxy groups -OCH3 is 1. The third kappa shape index (κ3) is 4.78. The maximum atomic E-state index is 6.19. The first-order valence-corrected chi connectivity index (χ1v) is 10.4. The Labute approximate surface area is 186 Å². The summed E-state index contributed by atoms with van der Waals surface area (Å²) in [7, 11) is 1.64. The molecule has 0 bridgehead atoms. The van der Waals surface area contributed by atoms with E-state index in [-0.39, 0.29) is 0 Å². The van der Waals surface area contributed by atoms with Crippen LogP contribution in [0, 0.1) is 11.7 Å². The summed E-state index contributed by atoms with van der Waals surface area (Å²) in [5.74, 6) is 2.11. The zero-order valence-corrected chi connectivity index (χ0v) is 18.3. The van der Waals surface area contributed by atoms with Crippen molar-refractivity contribution in [2.45, 2.75) is 20.1 Å². The predicted molar refractivity (Wildman–Crippen MR) is 124 cm³/mol. The lowest BCUT2D eigenvalue weighted by atomic mass is 10.1. The number of para-hydroxylation sites is 1. The maximum absolute atomic E-state index is 6.19. The van der Waals surface area contributed by atoms with Gasteiger partial charge in [-0.05, 0) is 30.8 Å². The SMILES string of the molecule is COc1cccc(CNn2c(-c3ccccc3)n[nH]c2=S)c1OCc1cccc(C)c1. The molecule has 4 aromatic rings. The molecule has 1 aromatic heterocycles. The number of ether oxygens (including phenoxy) is 2. The number of benzene rings is 3. The lowest BCUT2D eigenvalue weighted by molar-refractivity contribution is 0.281. The van der Waals surface area contributed by atoms with Gasteiger partial charge in [0.25, 0.3) is 0 Å². The van der Waals surface area contributed by atoms with E-state index in [4.69, 9.17) is 21.7 Å². The van der Waals surface area contributed by atoms with Crippen LogP contribution in [0.5, 0.6) is 11.5 Å². The smallest absolute Gasteiger partial charge is 0.214 e. The Hall–Kier alpha value is -3.58. The van der Waals surface area contributed by atoms with Crippen LogP contribution in [-0.2, 0) is 13.2 Å². The van der Waals surface area contributed by atoms with Crippen LogP contribution < -0.4 is 14.9 Å². The van der Waals surface area contributed by atoms with Crippen LogP contribution in [-0.4, -0.2) is 22.0 Å². The molecule has 4 rings (SSSR count). The number of rotatable bonds is 8. The van der Waals surface area contributed by atoms with E-state index in [1.165, 1.54) is 5.56 Å². The van der Waals surface area contributed by atoms with Crippen molar-refractivity contribution < 1.29 is 9.47 Å². The first-order valence-electron chi connectivity index (χ1n) is 9.96. The molecule has 0 fully saturated rings. The number of nitrogens with zero attached hydrogens (tertiary/aromatic N) is 2. The van der Waals surface area contributed by atoms with E-state index < -0.39 is 0 Å². The van der Waals surface area contributed by atoms with E-state index in [0.717, 1.165) is 22.5 Å². The number of H-pyrrole nitrogens is 1. The molecule has 0 radical (unpaired) electrons. The standard InChI is InChI=1S/C24H24N4O2S/c1-17-8-6-9-18(14-17)16-30-22-20(12-7-13-21(22)29-2)15-25-28-23(26-27-24(28)31)19-10-4-3-5-11-19/h3-14,25H,15-16H2,1-2H3,(H,27,31). The lowest BCUT2D eigenvalue weighted by Crippen LogP contribution is -2.16. The second kappa shape index (κ2) is 9.49. The molecule has 31 heavy (non-hydrogen) atoms. The van der Waals surface area contributed by atoms with Crippen LogP contribution in [0.2, 0.25) is 0 Å². The highest BCUT2D eigenvalue weighted by atomic mass is 32.1. The molecule has 0 spiro atoms. The molecule has 0 aliphatic rings. The van der Waals surface area contributed by atoms with Gasteiger partial charge < -0.3 is 14.9 Å². The zero-order valence-electron chi connectivity index (χ0n) is 17.5. The van der Waals surface area contributed by atoms with Crippen molar-refractivity contribution in [3.8, 4) is 22.9 Å². The average molecular weight is 433 g/mol. The highest BCUT2D eigenvalue weighted by Crippen LogP contribution is 2.32. The van der Waals surface area contributed by atoms with Crippen LogP contribution in [0.3, 0.4) is 0 Å². The summed E-state index contributed by atoms with van der Waals surface area (Å²) < 4.78 is 14.0. The summed E-state index contributed by atoms with van der Waals surface area (Å²) in [6, 6.07) is 24.0. The Balaban J connectivity index is 1.57. The van der Waals surface area contributed by atoms with E-state index in [2.05, 4.69) is 40.7 Å². The Morgan fingerprint density at radius 1 is 1.03 bits per heavy atom. The Kier molecular flexibility index (Phi) is 6.33. The van der Waals surface area contributed by atoms with Crippen LogP contribution in [0.15, 0.2) is 72.8 Å². The fourth-order valence-electron chi connectivity index (χ4n) is 3.37. The van der Waals surface area contributed by atoms with Gasteiger partial charge in [-0.15, -0.1) is 0 Å². The maximum Gasteiger partial charge on any atom is 0.214 e. The van der Waals surface area contributed by atoms with E-state index >= 15 is 0 Å². The van der Waals surface area contributed by atoms with Gasteiger partial charge in [-0.3, -0.25) is 0 Å². The van der Waals surface area contributed by atoms with Crippen molar-refractivity contribution in [2.24, 2.45) is 0 Å². The first kappa shape index (κ1) is 20.7. The van der Waals surface area contributed by atoms with Gasteiger partial charge >= 0.3 is 0 Å². The molecule has 0 aliphatic carbocycles. The van der Waals surface area contributed by atoms with Gasteiger partial charge in [0.2, 0.25) is 4.77 Å². The topological polar surface area (TPSA) is 64.1 Å². The second-order valence-corrected chi connectivity index (χ2v) is 7.50. The van der Waals surface area contributed by atoms with Gasteiger partial charge in [-0.2, -0.15) is 5.10 Å². The van der Waals surface area contributed by atoms with Gasteiger partial charge in [-0.1, -0.05) is 72.3 Å². The van der Waals surface area contributed by atoms with Crippen molar-refractivity contribution >= 4 is 12.2 Å². The molecular weight excluding hydrogens is 408 g/mol. The summed E-state index contributed by atoms with van der Waals surface area (Å²) in [6.45, 7) is 3.00. The average Bonchev–Trinajstić information content (AvgIpc) is 3.17. The first-order chi connectivity index (χ1) is 15.2. The molecule has 0 saturated heterocycles. The Bertz CT molecular complexity index is 1220. The monoisotopic (exact) mass is 432 g/mol. The molecule has 0 unspecified atom stereocenters. The molecule has 0 saturated carbocycles. The minimum atomic E-state index is 0.454. The molecule has 2 N–H and O–H groups in total. The quantitative estimate of drug-likeness (QED) is 0.373. The summed E-state index contributed by atoms with van der Waals surface area (Å²) in [5, 5.41) is 7.22. The third-order valence-electron chi connectivity index (χ3n) is 4.88. The fraction of sp³-hybridized carbons (Fsp3) is 0.167. The Morgan fingerprint density at radius 2 is 1.84 bits per heavy atom. The van der Waals surface area contributed by atoms with E-state index in [1.54, 1.807) is 11.8 Å².